The average Bonchev–Trinajstić information content (AvgIpc) is 2.63. The van der Waals surface area contributed by atoms with Gasteiger partial charge in [-0.05, 0) is 36.6 Å². The molecule has 1 aromatic heterocycles. The molecule has 1 aliphatic rings. The molecule has 1 aromatic carbocycles. The molecule has 0 spiro atoms. The first kappa shape index (κ1) is 21.4. The molecule has 2 heterocycles. The van der Waals surface area contributed by atoms with E-state index in [9.17, 15) is 27.5 Å². The molecule has 3 rings (SSSR count). The molecule has 0 aliphatic carbocycles. The highest BCUT2D eigenvalue weighted by atomic mass is 79.9. The van der Waals surface area contributed by atoms with Crippen molar-refractivity contribution in [1.29, 1.82) is 0 Å². The molecule has 1 aliphatic heterocycles. The quantitative estimate of drug-likeness (QED) is 0.661. The van der Waals surface area contributed by atoms with Gasteiger partial charge in [-0.15, -0.1) is 0 Å². The van der Waals surface area contributed by atoms with E-state index in [1.54, 1.807) is 6.07 Å². The van der Waals surface area contributed by atoms with Gasteiger partial charge >= 0.3 is 6.18 Å². The van der Waals surface area contributed by atoms with Crippen LogP contribution in [-0.2, 0) is 30.4 Å². The summed E-state index contributed by atoms with van der Waals surface area (Å²) in [6, 6.07) is 3.56. The lowest BCUT2D eigenvalue weighted by molar-refractivity contribution is -0.145. The van der Waals surface area contributed by atoms with E-state index in [0.29, 0.717) is 10.0 Å². The van der Waals surface area contributed by atoms with Crippen LogP contribution >= 0.6 is 15.9 Å². The van der Waals surface area contributed by atoms with Gasteiger partial charge in [-0.1, -0.05) is 15.9 Å². The van der Waals surface area contributed by atoms with Crippen LogP contribution in [0.4, 0.5) is 17.6 Å². The minimum atomic E-state index is -4.81. The van der Waals surface area contributed by atoms with Crippen LogP contribution in [0.15, 0.2) is 22.7 Å². The summed E-state index contributed by atoms with van der Waals surface area (Å²) in [6.07, 6.45) is -4.49. The number of aromatic nitrogens is 2. The number of aromatic hydroxyl groups is 1. The number of carbonyl (C=O) groups excluding carboxylic acids is 1. The van der Waals surface area contributed by atoms with Gasteiger partial charge in [-0.25, -0.2) is 9.37 Å². The van der Waals surface area contributed by atoms with Crippen molar-refractivity contribution >= 4 is 21.8 Å². The van der Waals surface area contributed by atoms with E-state index in [1.807, 2.05) is 0 Å². The topological polar surface area (TPSA) is 92.3 Å². The van der Waals surface area contributed by atoms with Gasteiger partial charge < -0.3 is 15.7 Å². The van der Waals surface area contributed by atoms with Gasteiger partial charge in [-0.2, -0.15) is 18.2 Å². The number of halogens is 5. The first-order valence-corrected chi connectivity index (χ1v) is 9.47. The Hall–Kier alpha value is -2.27. The molecule has 0 saturated heterocycles. The molecule has 29 heavy (non-hydrogen) atoms. The zero-order valence-electron chi connectivity index (χ0n) is 15.0. The van der Waals surface area contributed by atoms with Crippen molar-refractivity contribution < 1.29 is 27.5 Å². The zero-order chi connectivity index (χ0) is 21.3. The summed E-state index contributed by atoms with van der Waals surface area (Å²) in [4.78, 5) is 20.5. The number of nitrogens with zero attached hydrogens (tertiary/aromatic N) is 3. The first-order chi connectivity index (χ1) is 13.5. The standard InChI is InChI=1S/C18H17BrF4N4O2/c19-13-2-1-10(20)5-9(13)6-11(24)7-15(28)27-4-3-12-14(8-27)25-17(18(21,22)23)26-16(12)29/h1-2,5,11H,3-4,6-8,24H2,(H,25,26,29)/t11-/m1/s1. The number of alkyl halides is 3. The van der Waals surface area contributed by atoms with Crippen LogP contribution in [0.25, 0.3) is 0 Å². The van der Waals surface area contributed by atoms with Crippen LogP contribution in [0.3, 0.4) is 0 Å². The van der Waals surface area contributed by atoms with Crippen molar-refractivity contribution in [1.82, 2.24) is 14.9 Å². The molecule has 0 saturated carbocycles. The van der Waals surface area contributed by atoms with E-state index in [1.165, 1.54) is 17.0 Å². The molecule has 0 fully saturated rings. The maximum absolute atomic E-state index is 13.4. The molecular weight excluding hydrogens is 460 g/mol. The second-order valence-corrected chi connectivity index (χ2v) is 7.62. The Labute approximate surface area is 171 Å². The number of amides is 1. The number of benzene rings is 1. The number of rotatable bonds is 4. The van der Waals surface area contributed by atoms with Gasteiger partial charge in [0.25, 0.3) is 0 Å². The Balaban J connectivity index is 1.69. The fraction of sp³-hybridized carbons (Fsp3) is 0.389. The third-order valence-corrected chi connectivity index (χ3v) is 5.35. The van der Waals surface area contributed by atoms with E-state index < -0.39 is 29.7 Å². The molecule has 156 valence electrons. The third kappa shape index (κ3) is 5.02. The number of hydrogen-bond donors (Lipinski definition) is 2. The highest BCUT2D eigenvalue weighted by molar-refractivity contribution is 9.10. The maximum atomic E-state index is 13.4. The van der Waals surface area contributed by atoms with E-state index >= 15 is 0 Å². The summed E-state index contributed by atoms with van der Waals surface area (Å²) in [5.41, 5.74) is 6.81. The average molecular weight is 477 g/mol. The molecule has 2 aromatic rings. The van der Waals surface area contributed by atoms with E-state index in [2.05, 4.69) is 25.9 Å². The molecule has 3 N–H and O–H groups in total. The summed E-state index contributed by atoms with van der Waals surface area (Å²) < 4.78 is 52.7. The monoisotopic (exact) mass is 476 g/mol. The molecule has 1 atom stereocenters. The van der Waals surface area contributed by atoms with Crippen LogP contribution in [0.2, 0.25) is 0 Å². The Bertz CT molecular complexity index is 939. The van der Waals surface area contributed by atoms with Crippen LogP contribution in [0.1, 0.15) is 29.1 Å². The van der Waals surface area contributed by atoms with Crippen LogP contribution in [-0.4, -0.2) is 38.5 Å². The van der Waals surface area contributed by atoms with Gasteiger partial charge in [0.15, 0.2) is 0 Å². The Morgan fingerprint density at radius 2 is 2.07 bits per heavy atom. The summed E-state index contributed by atoms with van der Waals surface area (Å²) in [6.45, 7) is 0.0220. The third-order valence-electron chi connectivity index (χ3n) is 4.58. The van der Waals surface area contributed by atoms with Gasteiger partial charge in [-0.3, -0.25) is 4.79 Å². The first-order valence-electron chi connectivity index (χ1n) is 8.68. The minimum absolute atomic E-state index is 0.0362. The number of carbonyl (C=O) groups is 1. The number of fused-ring (bicyclic) bond motifs is 1. The SMILES string of the molecule is N[C@@H](CC(=O)N1CCc2c(O)nc(C(F)(F)F)nc2C1)Cc1cc(F)ccc1Br. The van der Waals surface area contributed by atoms with Crippen molar-refractivity contribution in [2.24, 2.45) is 5.73 Å². The minimum Gasteiger partial charge on any atom is -0.493 e. The smallest absolute Gasteiger partial charge is 0.451 e. The molecule has 0 bridgehead atoms. The Morgan fingerprint density at radius 1 is 1.34 bits per heavy atom. The van der Waals surface area contributed by atoms with Gasteiger partial charge in [0.1, 0.15) is 5.82 Å². The highest BCUT2D eigenvalue weighted by Gasteiger charge is 2.37. The normalized spacial score (nSPS) is 15.2. The second kappa shape index (κ2) is 8.23. The Kier molecular flexibility index (Phi) is 6.08. The summed E-state index contributed by atoms with van der Waals surface area (Å²) >= 11 is 3.30. The molecule has 11 heteroatoms. The summed E-state index contributed by atoms with van der Waals surface area (Å²) in [7, 11) is 0. The van der Waals surface area contributed by atoms with Crippen molar-refractivity contribution in [2.45, 2.75) is 38.0 Å². The fourth-order valence-electron chi connectivity index (χ4n) is 3.16. The van der Waals surface area contributed by atoms with E-state index in [4.69, 9.17) is 5.73 Å². The highest BCUT2D eigenvalue weighted by Crippen LogP contribution is 2.32. The predicted octanol–water partition coefficient (Wildman–Crippen LogP) is 2.95. The summed E-state index contributed by atoms with van der Waals surface area (Å²) in [5.74, 6) is -2.95. The second-order valence-electron chi connectivity index (χ2n) is 6.76. The predicted molar refractivity (Wildman–Crippen MR) is 98.2 cm³/mol. The molecule has 6 nitrogen and oxygen atoms in total. The number of nitrogens with two attached hydrogens (primary N) is 1. The van der Waals surface area contributed by atoms with Gasteiger partial charge in [0.2, 0.25) is 17.6 Å². The van der Waals surface area contributed by atoms with Crippen molar-refractivity contribution in [3.63, 3.8) is 0 Å². The van der Waals surface area contributed by atoms with Crippen molar-refractivity contribution in [2.75, 3.05) is 6.54 Å². The van der Waals surface area contributed by atoms with Crippen molar-refractivity contribution in [3.8, 4) is 5.88 Å². The lowest BCUT2D eigenvalue weighted by Crippen LogP contribution is -2.40. The molecule has 1 amide bonds. The molecular formula is C18H17BrF4N4O2. The van der Waals surface area contributed by atoms with Gasteiger partial charge in [0, 0.05) is 29.0 Å². The van der Waals surface area contributed by atoms with Crippen LogP contribution in [0.5, 0.6) is 5.88 Å². The van der Waals surface area contributed by atoms with Crippen LogP contribution in [0, 0.1) is 5.82 Å². The van der Waals surface area contributed by atoms with Gasteiger partial charge in [0.05, 0.1) is 12.2 Å². The van der Waals surface area contributed by atoms with E-state index in [0.717, 1.165) is 0 Å². The largest absolute Gasteiger partial charge is 0.493 e. The maximum Gasteiger partial charge on any atom is 0.451 e. The molecule has 0 radical (unpaired) electrons. The lowest BCUT2D eigenvalue weighted by Gasteiger charge is -2.29. The van der Waals surface area contributed by atoms with E-state index in [-0.39, 0.29) is 49.5 Å². The van der Waals surface area contributed by atoms with Crippen LogP contribution < -0.4 is 5.73 Å². The lowest BCUT2D eigenvalue weighted by atomic mass is 10.0. The zero-order valence-corrected chi connectivity index (χ0v) is 16.6. The summed E-state index contributed by atoms with van der Waals surface area (Å²) in [5, 5.41) is 9.77. The number of hydrogen-bond acceptors (Lipinski definition) is 5. The fourth-order valence-corrected chi connectivity index (χ4v) is 3.57. The molecule has 0 unspecified atom stereocenters. The Morgan fingerprint density at radius 3 is 2.76 bits per heavy atom. The van der Waals surface area contributed by atoms with Crippen molar-refractivity contribution in [3.05, 3.63) is 51.1 Å².